The number of rotatable bonds is 4. The molecule has 1 unspecified atom stereocenters. The summed E-state index contributed by atoms with van der Waals surface area (Å²) >= 11 is 1.43. The van der Waals surface area contributed by atoms with E-state index in [1.165, 1.54) is 11.3 Å². The van der Waals surface area contributed by atoms with Gasteiger partial charge in [0.05, 0.1) is 10.9 Å². The standard InChI is InChI=1S/C20H22N4O3S/c1-12-18(13(2)27-22-12)21-19(25)17-9-8-16(28-17)14-6-5-11-24(14)20(26)15-7-4-10-23(15)3/h4,7-10,14H,5-6,11H2,1-3H3,(H,21,25). The minimum absolute atomic E-state index is 0.00742. The van der Waals surface area contributed by atoms with Crippen LogP contribution in [0, 0.1) is 13.8 Å². The Morgan fingerprint density at radius 1 is 1.29 bits per heavy atom. The van der Waals surface area contributed by atoms with E-state index in [0.29, 0.717) is 27.7 Å². The second-order valence-electron chi connectivity index (χ2n) is 7.02. The number of aromatic nitrogens is 2. The Kier molecular flexibility index (Phi) is 4.80. The molecule has 0 radical (unpaired) electrons. The number of carbonyl (C=O) groups is 2. The molecular weight excluding hydrogens is 376 g/mol. The predicted molar refractivity (Wildman–Crippen MR) is 107 cm³/mol. The van der Waals surface area contributed by atoms with E-state index in [0.717, 1.165) is 24.3 Å². The van der Waals surface area contributed by atoms with Crippen LogP contribution in [0.1, 0.15) is 55.4 Å². The number of nitrogens with zero attached hydrogens (tertiary/aromatic N) is 3. The number of nitrogens with one attached hydrogen (secondary N) is 1. The van der Waals surface area contributed by atoms with E-state index >= 15 is 0 Å². The Hall–Kier alpha value is -2.87. The molecule has 1 saturated heterocycles. The molecule has 8 heteroatoms. The van der Waals surface area contributed by atoms with Gasteiger partial charge in [0.1, 0.15) is 17.1 Å². The van der Waals surface area contributed by atoms with Crippen LogP contribution >= 0.6 is 11.3 Å². The molecule has 0 spiro atoms. The predicted octanol–water partition coefficient (Wildman–Crippen LogP) is 3.92. The first-order chi connectivity index (χ1) is 13.5. The van der Waals surface area contributed by atoms with Crippen LogP contribution in [0.25, 0.3) is 0 Å². The van der Waals surface area contributed by atoms with Gasteiger partial charge in [0.25, 0.3) is 11.8 Å². The molecule has 2 amide bonds. The molecule has 146 valence electrons. The van der Waals surface area contributed by atoms with Gasteiger partial charge in [-0.1, -0.05) is 5.16 Å². The van der Waals surface area contributed by atoms with E-state index in [1.54, 1.807) is 13.8 Å². The zero-order chi connectivity index (χ0) is 19.8. The molecule has 1 atom stereocenters. The summed E-state index contributed by atoms with van der Waals surface area (Å²) in [7, 11) is 1.88. The van der Waals surface area contributed by atoms with E-state index in [9.17, 15) is 9.59 Å². The number of amides is 2. The third kappa shape index (κ3) is 3.24. The van der Waals surface area contributed by atoms with Gasteiger partial charge in [-0.15, -0.1) is 11.3 Å². The quantitative estimate of drug-likeness (QED) is 0.722. The molecule has 7 nitrogen and oxygen atoms in total. The van der Waals surface area contributed by atoms with Crippen LogP contribution in [0.15, 0.2) is 35.0 Å². The maximum Gasteiger partial charge on any atom is 0.271 e. The highest BCUT2D eigenvalue weighted by molar-refractivity contribution is 7.14. The molecule has 0 bridgehead atoms. The number of carbonyl (C=O) groups excluding carboxylic acids is 2. The van der Waals surface area contributed by atoms with Gasteiger partial charge in [-0.2, -0.15) is 0 Å². The summed E-state index contributed by atoms with van der Waals surface area (Å²) < 4.78 is 6.94. The summed E-state index contributed by atoms with van der Waals surface area (Å²) in [5.41, 5.74) is 1.94. The van der Waals surface area contributed by atoms with Crippen molar-refractivity contribution in [2.24, 2.45) is 7.05 Å². The summed E-state index contributed by atoms with van der Waals surface area (Å²) in [6, 6.07) is 7.49. The highest BCUT2D eigenvalue weighted by atomic mass is 32.1. The van der Waals surface area contributed by atoms with Crippen molar-refractivity contribution in [1.82, 2.24) is 14.6 Å². The Balaban J connectivity index is 1.52. The van der Waals surface area contributed by atoms with Crippen molar-refractivity contribution in [2.45, 2.75) is 32.7 Å². The van der Waals surface area contributed by atoms with Crippen molar-refractivity contribution in [3.05, 3.63) is 57.4 Å². The zero-order valence-electron chi connectivity index (χ0n) is 16.1. The average molecular weight is 398 g/mol. The summed E-state index contributed by atoms with van der Waals surface area (Å²) in [6.45, 7) is 4.28. The number of hydrogen-bond donors (Lipinski definition) is 1. The number of anilines is 1. The van der Waals surface area contributed by atoms with E-state index < -0.39 is 0 Å². The van der Waals surface area contributed by atoms with E-state index in [4.69, 9.17) is 4.52 Å². The fraction of sp³-hybridized carbons (Fsp3) is 0.350. The van der Waals surface area contributed by atoms with Crippen LogP contribution in [-0.2, 0) is 7.05 Å². The van der Waals surface area contributed by atoms with Crippen molar-refractivity contribution in [3.8, 4) is 0 Å². The van der Waals surface area contributed by atoms with Crippen molar-refractivity contribution in [2.75, 3.05) is 11.9 Å². The monoisotopic (exact) mass is 398 g/mol. The smallest absolute Gasteiger partial charge is 0.271 e. The molecule has 1 fully saturated rings. The number of likely N-dealkylation sites (tertiary alicyclic amines) is 1. The first-order valence-electron chi connectivity index (χ1n) is 9.22. The SMILES string of the molecule is Cc1noc(C)c1NC(=O)c1ccc(C2CCCN2C(=O)c2cccn2C)s1. The van der Waals surface area contributed by atoms with Gasteiger partial charge in [-0.3, -0.25) is 9.59 Å². The topological polar surface area (TPSA) is 80.4 Å². The number of thiophene rings is 1. The third-order valence-corrected chi connectivity index (χ3v) is 6.31. The molecule has 4 heterocycles. The van der Waals surface area contributed by atoms with E-state index in [2.05, 4.69) is 10.5 Å². The summed E-state index contributed by atoms with van der Waals surface area (Å²) in [6.07, 6.45) is 3.74. The zero-order valence-corrected chi connectivity index (χ0v) is 16.9. The van der Waals surface area contributed by atoms with Crippen LogP contribution in [-0.4, -0.2) is 33.0 Å². The molecule has 0 aromatic carbocycles. The van der Waals surface area contributed by atoms with Crippen molar-refractivity contribution >= 4 is 28.8 Å². The molecule has 1 aliphatic heterocycles. The molecule has 3 aromatic heterocycles. The Labute approximate surface area is 166 Å². The Morgan fingerprint density at radius 3 is 2.79 bits per heavy atom. The molecular formula is C20H22N4O3S. The highest BCUT2D eigenvalue weighted by Crippen LogP contribution is 2.37. The van der Waals surface area contributed by atoms with Crippen molar-refractivity contribution < 1.29 is 14.1 Å². The molecule has 4 rings (SSSR count). The van der Waals surface area contributed by atoms with Gasteiger partial charge in [0.15, 0.2) is 5.76 Å². The Morgan fingerprint density at radius 2 is 2.11 bits per heavy atom. The van der Waals surface area contributed by atoms with Gasteiger partial charge in [0.2, 0.25) is 0 Å². The maximum atomic E-state index is 13.0. The van der Waals surface area contributed by atoms with Crippen LogP contribution < -0.4 is 5.32 Å². The van der Waals surface area contributed by atoms with Crippen molar-refractivity contribution in [3.63, 3.8) is 0 Å². The van der Waals surface area contributed by atoms with Gasteiger partial charge in [0, 0.05) is 24.7 Å². The Bertz CT molecular complexity index is 1010. The molecule has 28 heavy (non-hydrogen) atoms. The minimum atomic E-state index is -0.191. The fourth-order valence-electron chi connectivity index (χ4n) is 3.63. The summed E-state index contributed by atoms with van der Waals surface area (Å²) in [5, 5.41) is 6.73. The summed E-state index contributed by atoms with van der Waals surface area (Å²) in [4.78, 5) is 29.1. The number of hydrogen-bond acceptors (Lipinski definition) is 5. The first kappa shape index (κ1) is 18.5. The lowest BCUT2D eigenvalue weighted by Crippen LogP contribution is -2.31. The lowest BCUT2D eigenvalue weighted by atomic mass is 10.2. The van der Waals surface area contributed by atoms with Gasteiger partial charge in [-0.05, 0) is 51.0 Å². The normalized spacial score (nSPS) is 16.5. The second kappa shape index (κ2) is 7.27. The van der Waals surface area contributed by atoms with E-state index in [-0.39, 0.29) is 17.9 Å². The van der Waals surface area contributed by atoms with Gasteiger partial charge < -0.3 is 19.3 Å². The molecule has 1 N–H and O–H groups in total. The largest absolute Gasteiger partial charge is 0.359 e. The van der Waals surface area contributed by atoms with Crippen LogP contribution in [0.5, 0.6) is 0 Å². The lowest BCUT2D eigenvalue weighted by Gasteiger charge is -2.24. The summed E-state index contributed by atoms with van der Waals surface area (Å²) in [5.74, 6) is 0.423. The van der Waals surface area contributed by atoms with Crippen LogP contribution in [0.4, 0.5) is 5.69 Å². The van der Waals surface area contributed by atoms with Crippen LogP contribution in [0.3, 0.4) is 0 Å². The first-order valence-corrected chi connectivity index (χ1v) is 10.0. The van der Waals surface area contributed by atoms with Crippen LogP contribution in [0.2, 0.25) is 0 Å². The number of aryl methyl sites for hydroxylation is 3. The minimum Gasteiger partial charge on any atom is -0.359 e. The van der Waals surface area contributed by atoms with E-state index in [1.807, 2.05) is 47.0 Å². The molecule has 1 aliphatic rings. The second-order valence-corrected chi connectivity index (χ2v) is 8.13. The average Bonchev–Trinajstić information content (AvgIpc) is 3.44. The maximum absolute atomic E-state index is 13.0. The van der Waals surface area contributed by atoms with Gasteiger partial charge in [-0.25, -0.2) is 0 Å². The highest BCUT2D eigenvalue weighted by Gasteiger charge is 2.32. The van der Waals surface area contributed by atoms with Gasteiger partial charge >= 0.3 is 0 Å². The van der Waals surface area contributed by atoms with Crippen molar-refractivity contribution in [1.29, 1.82) is 0 Å². The third-order valence-electron chi connectivity index (χ3n) is 5.13. The fourth-order valence-corrected chi connectivity index (χ4v) is 4.68. The molecule has 3 aromatic rings. The molecule has 0 aliphatic carbocycles. The lowest BCUT2D eigenvalue weighted by molar-refractivity contribution is 0.0728. The molecule has 0 saturated carbocycles.